The van der Waals surface area contributed by atoms with E-state index in [0.717, 1.165) is 0 Å². The maximum absolute atomic E-state index is 11.2. The first-order valence-electron chi connectivity index (χ1n) is 4.76. The van der Waals surface area contributed by atoms with Crippen LogP contribution < -0.4 is 5.32 Å². The molecular weight excluding hydrogens is 184 g/mol. The molecule has 0 aromatic rings. The number of likely N-dealkylation sites (N-methyl/N-ethyl adjacent to an activating group) is 2. The highest BCUT2D eigenvalue weighted by atomic mass is 16.4. The summed E-state index contributed by atoms with van der Waals surface area (Å²) in [6.07, 6.45) is 0. The van der Waals surface area contributed by atoms with E-state index in [9.17, 15) is 9.59 Å². The molecule has 0 spiro atoms. The van der Waals surface area contributed by atoms with Crippen molar-refractivity contribution < 1.29 is 14.7 Å². The largest absolute Gasteiger partial charge is 0.480 e. The van der Waals surface area contributed by atoms with Crippen molar-refractivity contribution in [3.8, 4) is 0 Å². The second-order valence-electron chi connectivity index (χ2n) is 3.03. The van der Waals surface area contributed by atoms with Crippen molar-refractivity contribution in [3.05, 3.63) is 0 Å². The van der Waals surface area contributed by atoms with Crippen molar-refractivity contribution in [1.82, 2.24) is 10.2 Å². The quantitative estimate of drug-likeness (QED) is 0.632. The van der Waals surface area contributed by atoms with Gasteiger partial charge in [-0.3, -0.25) is 14.5 Å². The van der Waals surface area contributed by atoms with Gasteiger partial charge >= 0.3 is 5.97 Å². The fourth-order valence-electron chi connectivity index (χ4n) is 1.12. The van der Waals surface area contributed by atoms with E-state index in [1.54, 1.807) is 11.8 Å². The summed E-state index contributed by atoms with van der Waals surface area (Å²) in [5.74, 6) is -1.04. The molecule has 0 heterocycles. The fourth-order valence-corrected chi connectivity index (χ4v) is 1.12. The molecule has 5 nitrogen and oxygen atoms in total. The molecule has 0 fully saturated rings. The van der Waals surface area contributed by atoms with E-state index in [-0.39, 0.29) is 12.5 Å². The molecule has 0 aliphatic rings. The summed E-state index contributed by atoms with van der Waals surface area (Å²) < 4.78 is 0. The molecule has 0 radical (unpaired) electrons. The van der Waals surface area contributed by atoms with Crippen LogP contribution in [0.25, 0.3) is 0 Å². The Morgan fingerprint density at radius 2 is 2.00 bits per heavy atom. The summed E-state index contributed by atoms with van der Waals surface area (Å²) in [6.45, 7) is 6.48. The van der Waals surface area contributed by atoms with Crippen molar-refractivity contribution in [3.63, 3.8) is 0 Å². The maximum Gasteiger partial charge on any atom is 0.320 e. The van der Waals surface area contributed by atoms with Crippen LogP contribution in [0.3, 0.4) is 0 Å². The van der Waals surface area contributed by atoms with Gasteiger partial charge in [0.1, 0.15) is 6.04 Å². The SMILES string of the molecule is CCNC(=O)CN(CC)C(C)C(=O)O. The summed E-state index contributed by atoms with van der Waals surface area (Å²) >= 11 is 0. The van der Waals surface area contributed by atoms with Crippen LogP contribution in [-0.2, 0) is 9.59 Å². The monoisotopic (exact) mass is 202 g/mol. The number of hydrogen-bond donors (Lipinski definition) is 2. The van der Waals surface area contributed by atoms with Gasteiger partial charge in [0.05, 0.1) is 6.54 Å². The molecule has 2 N–H and O–H groups in total. The topological polar surface area (TPSA) is 69.6 Å². The van der Waals surface area contributed by atoms with Gasteiger partial charge in [-0.15, -0.1) is 0 Å². The Morgan fingerprint density at radius 1 is 1.43 bits per heavy atom. The molecule has 1 amide bonds. The van der Waals surface area contributed by atoms with Crippen LogP contribution in [0.5, 0.6) is 0 Å². The highest BCUT2D eigenvalue weighted by molar-refractivity contribution is 5.79. The third-order valence-electron chi connectivity index (χ3n) is 2.03. The van der Waals surface area contributed by atoms with Crippen molar-refractivity contribution >= 4 is 11.9 Å². The Hall–Kier alpha value is -1.10. The van der Waals surface area contributed by atoms with E-state index in [1.165, 1.54) is 0 Å². The minimum Gasteiger partial charge on any atom is -0.480 e. The first kappa shape index (κ1) is 12.9. The number of carbonyl (C=O) groups excluding carboxylic acids is 1. The zero-order chi connectivity index (χ0) is 11.1. The van der Waals surface area contributed by atoms with Crippen LogP contribution in [0.15, 0.2) is 0 Å². The van der Waals surface area contributed by atoms with Crippen molar-refractivity contribution in [2.75, 3.05) is 19.6 Å². The highest BCUT2D eigenvalue weighted by Crippen LogP contribution is 1.98. The van der Waals surface area contributed by atoms with Crippen LogP contribution in [0.2, 0.25) is 0 Å². The van der Waals surface area contributed by atoms with E-state index in [0.29, 0.717) is 13.1 Å². The van der Waals surface area contributed by atoms with Gasteiger partial charge in [0, 0.05) is 6.54 Å². The standard InChI is InChI=1S/C9H18N2O3/c1-4-10-8(12)6-11(5-2)7(3)9(13)14/h7H,4-6H2,1-3H3,(H,10,12)(H,13,14). The maximum atomic E-state index is 11.2. The molecule has 0 rings (SSSR count). The van der Waals surface area contributed by atoms with Crippen molar-refractivity contribution in [1.29, 1.82) is 0 Å². The van der Waals surface area contributed by atoms with Gasteiger partial charge in [-0.25, -0.2) is 0 Å². The number of rotatable bonds is 6. The molecule has 82 valence electrons. The van der Waals surface area contributed by atoms with Gasteiger partial charge < -0.3 is 10.4 Å². The van der Waals surface area contributed by atoms with Gasteiger partial charge in [0.2, 0.25) is 5.91 Å². The number of nitrogens with one attached hydrogen (secondary N) is 1. The predicted molar refractivity (Wildman–Crippen MR) is 53.0 cm³/mol. The van der Waals surface area contributed by atoms with E-state index >= 15 is 0 Å². The number of carboxylic acids is 1. The van der Waals surface area contributed by atoms with Crippen LogP contribution in [0.1, 0.15) is 20.8 Å². The lowest BCUT2D eigenvalue weighted by atomic mass is 10.3. The van der Waals surface area contributed by atoms with Crippen LogP contribution >= 0.6 is 0 Å². The Bertz CT molecular complexity index is 206. The number of carbonyl (C=O) groups is 2. The van der Waals surface area contributed by atoms with E-state index in [2.05, 4.69) is 5.32 Å². The zero-order valence-corrected chi connectivity index (χ0v) is 8.91. The van der Waals surface area contributed by atoms with Crippen molar-refractivity contribution in [2.45, 2.75) is 26.8 Å². The van der Waals surface area contributed by atoms with Gasteiger partial charge in [0.15, 0.2) is 0 Å². The second kappa shape index (κ2) is 6.37. The molecule has 14 heavy (non-hydrogen) atoms. The van der Waals surface area contributed by atoms with Gasteiger partial charge in [-0.2, -0.15) is 0 Å². The van der Waals surface area contributed by atoms with E-state index in [4.69, 9.17) is 5.11 Å². The highest BCUT2D eigenvalue weighted by Gasteiger charge is 2.20. The first-order chi connectivity index (χ1) is 6.52. The molecular formula is C9H18N2O3. The minimum atomic E-state index is -0.906. The number of hydrogen-bond acceptors (Lipinski definition) is 3. The molecule has 1 unspecified atom stereocenters. The molecule has 5 heteroatoms. The molecule has 0 aliphatic carbocycles. The van der Waals surface area contributed by atoms with Crippen molar-refractivity contribution in [2.24, 2.45) is 0 Å². The Kier molecular flexibility index (Phi) is 5.87. The summed E-state index contributed by atoms with van der Waals surface area (Å²) in [4.78, 5) is 23.5. The normalized spacial score (nSPS) is 12.6. The van der Waals surface area contributed by atoms with Crippen LogP contribution in [0, 0.1) is 0 Å². The Balaban J connectivity index is 4.14. The molecule has 1 atom stereocenters. The van der Waals surface area contributed by atoms with E-state index in [1.807, 2.05) is 13.8 Å². The third-order valence-corrected chi connectivity index (χ3v) is 2.03. The lowest BCUT2D eigenvalue weighted by molar-refractivity contribution is -0.143. The molecule has 0 bridgehead atoms. The predicted octanol–water partition coefficient (Wildman–Crippen LogP) is -0.0825. The summed E-state index contributed by atoms with van der Waals surface area (Å²) in [5, 5.41) is 11.4. The van der Waals surface area contributed by atoms with Gasteiger partial charge in [0.25, 0.3) is 0 Å². The smallest absolute Gasteiger partial charge is 0.320 e. The first-order valence-corrected chi connectivity index (χ1v) is 4.76. The molecule has 0 saturated heterocycles. The van der Waals surface area contributed by atoms with Gasteiger partial charge in [-0.05, 0) is 20.4 Å². The molecule has 0 aliphatic heterocycles. The second-order valence-corrected chi connectivity index (χ2v) is 3.03. The summed E-state index contributed by atoms with van der Waals surface area (Å²) in [6, 6.07) is -0.623. The lowest BCUT2D eigenvalue weighted by Gasteiger charge is -2.23. The number of nitrogens with zero attached hydrogens (tertiary/aromatic N) is 1. The summed E-state index contributed by atoms with van der Waals surface area (Å²) in [5.41, 5.74) is 0. The molecule has 0 aromatic heterocycles. The van der Waals surface area contributed by atoms with Crippen LogP contribution in [0.4, 0.5) is 0 Å². The average Bonchev–Trinajstić information content (AvgIpc) is 2.13. The van der Waals surface area contributed by atoms with Crippen LogP contribution in [-0.4, -0.2) is 47.6 Å². The minimum absolute atomic E-state index is 0.137. The third kappa shape index (κ3) is 4.23. The average molecular weight is 202 g/mol. The lowest BCUT2D eigenvalue weighted by Crippen LogP contribution is -2.44. The summed E-state index contributed by atoms with van der Waals surface area (Å²) in [7, 11) is 0. The number of carboxylic acid groups (broad SMARTS) is 1. The Morgan fingerprint density at radius 3 is 2.36 bits per heavy atom. The van der Waals surface area contributed by atoms with Gasteiger partial charge in [-0.1, -0.05) is 6.92 Å². The number of amides is 1. The number of aliphatic carboxylic acids is 1. The zero-order valence-electron chi connectivity index (χ0n) is 8.91. The van der Waals surface area contributed by atoms with E-state index < -0.39 is 12.0 Å². The molecule has 0 aromatic carbocycles. The Labute approximate surface area is 84.1 Å². The fraction of sp³-hybridized carbons (Fsp3) is 0.778. The molecule has 0 saturated carbocycles.